The number of hydrogen-bond donors (Lipinski definition) is 0. The molecule has 0 unspecified atom stereocenters. The molecule has 0 spiro atoms. The van der Waals surface area contributed by atoms with Gasteiger partial charge in [0.25, 0.3) is 0 Å². The van der Waals surface area contributed by atoms with Crippen LogP contribution in [0.15, 0.2) is 17.8 Å². The topological polar surface area (TPSA) is 15.6 Å². The van der Waals surface area contributed by atoms with Gasteiger partial charge in [0.2, 0.25) is 0 Å². The minimum absolute atomic E-state index is 1.04. The molecule has 0 aromatic heterocycles. The van der Waals surface area contributed by atoms with E-state index in [-0.39, 0.29) is 0 Å². The predicted molar refractivity (Wildman–Crippen MR) is 50.8 cm³/mol. The van der Waals surface area contributed by atoms with Gasteiger partial charge >= 0.3 is 0 Å². The first-order valence-corrected chi connectivity index (χ1v) is 4.15. The summed E-state index contributed by atoms with van der Waals surface area (Å²) in [7, 11) is 1.77. The summed E-state index contributed by atoms with van der Waals surface area (Å²) in [6, 6.07) is 0. The first-order valence-electron chi connectivity index (χ1n) is 4.15. The molecule has 0 atom stereocenters. The van der Waals surface area contributed by atoms with Gasteiger partial charge in [-0.15, -0.1) is 0 Å². The van der Waals surface area contributed by atoms with Crippen molar-refractivity contribution >= 4 is 6.34 Å². The van der Waals surface area contributed by atoms with Gasteiger partial charge < -0.3 is 4.90 Å². The summed E-state index contributed by atoms with van der Waals surface area (Å²) in [5, 5.41) is 0. The first-order chi connectivity index (χ1) is 5.35. The molecule has 0 aliphatic carbocycles. The van der Waals surface area contributed by atoms with Crippen LogP contribution in [0.4, 0.5) is 0 Å². The molecule has 0 aliphatic rings. The SMILES string of the molecule is C=CN(C=NC)CCCCC. The molecule has 0 N–H and O–H groups in total. The lowest BCUT2D eigenvalue weighted by Gasteiger charge is -2.12. The van der Waals surface area contributed by atoms with Gasteiger partial charge in [-0.1, -0.05) is 26.3 Å². The van der Waals surface area contributed by atoms with Crippen LogP contribution < -0.4 is 0 Å². The molecule has 0 heterocycles. The molecule has 0 amide bonds. The molecule has 2 nitrogen and oxygen atoms in total. The highest BCUT2D eigenvalue weighted by Gasteiger charge is 1.91. The fraction of sp³-hybridized carbons (Fsp3) is 0.667. The van der Waals surface area contributed by atoms with E-state index in [0.717, 1.165) is 6.54 Å². The van der Waals surface area contributed by atoms with Crippen molar-refractivity contribution in [3.8, 4) is 0 Å². The normalized spacial score (nSPS) is 10.4. The molecule has 0 fully saturated rings. The Morgan fingerprint density at radius 3 is 2.64 bits per heavy atom. The number of rotatable bonds is 6. The summed E-state index contributed by atoms with van der Waals surface area (Å²) in [6.07, 6.45) is 7.37. The lowest BCUT2D eigenvalue weighted by atomic mass is 10.2. The van der Waals surface area contributed by atoms with E-state index in [0.29, 0.717) is 0 Å². The fourth-order valence-corrected chi connectivity index (χ4v) is 0.889. The maximum atomic E-state index is 3.92. The molecule has 0 saturated heterocycles. The zero-order valence-electron chi connectivity index (χ0n) is 7.58. The molecule has 0 saturated carbocycles. The van der Waals surface area contributed by atoms with Crippen LogP contribution in [0.1, 0.15) is 26.2 Å². The van der Waals surface area contributed by atoms with Gasteiger partial charge in [-0.25, -0.2) is 0 Å². The highest BCUT2D eigenvalue weighted by molar-refractivity contribution is 5.55. The quantitative estimate of drug-likeness (QED) is 0.325. The molecule has 0 aromatic rings. The molecule has 64 valence electrons. The molecule has 0 aromatic carbocycles. The van der Waals surface area contributed by atoms with Gasteiger partial charge in [-0.3, -0.25) is 4.99 Å². The van der Waals surface area contributed by atoms with E-state index in [2.05, 4.69) is 18.5 Å². The number of nitrogens with zero attached hydrogens (tertiary/aromatic N) is 2. The van der Waals surface area contributed by atoms with Gasteiger partial charge in [0.05, 0.1) is 6.34 Å². The fourth-order valence-electron chi connectivity index (χ4n) is 0.889. The largest absolute Gasteiger partial charge is 0.340 e. The van der Waals surface area contributed by atoms with Crippen LogP contribution in [-0.4, -0.2) is 24.8 Å². The van der Waals surface area contributed by atoms with Gasteiger partial charge in [0.15, 0.2) is 0 Å². The third-order valence-corrected chi connectivity index (χ3v) is 1.52. The standard InChI is InChI=1S/C9H18N2/c1-4-6-7-8-11(5-2)9-10-3/h5,9H,2,4,6-8H2,1,3H3. The van der Waals surface area contributed by atoms with Crippen molar-refractivity contribution in [3.63, 3.8) is 0 Å². The van der Waals surface area contributed by atoms with Crippen LogP contribution in [0, 0.1) is 0 Å². The minimum Gasteiger partial charge on any atom is -0.340 e. The van der Waals surface area contributed by atoms with Gasteiger partial charge in [0.1, 0.15) is 0 Å². The minimum atomic E-state index is 1.04. The van der Waals surface area contributed by atoms with E-state index in [1.54, 1.807) is 7.05 Å². The summed E-state index contributed by atoms with van der Waals surface area (Å²) < 4.78 is 0. The van der Waals surface area contributed by atoms with Crippen molar-refractivity contribution in [1.29, 1.82) is 0 Å². The monoisotopic (exact) mass is 154 g/mol. The average Bonchev–Trinajstić information content (AvgIpc) is 2.03. The molecule has 11 heavy (non-hydrogen) atoms. The van der Waals surface area contributed by atoms with Crippen molar-refractivity contribution in [2.24, 2.45) is 4.99 Å². The highest BCUT2D eigenvalue weighted by Crippen LogP contribution is 1.96. The van der Waals surface area contributed by atoms with Crippen LogP contribution in [-0.2, 0) is 0 Å². The molecule has 0 bridgehead atoms. The van der Waals surface area contributed by atoms with E-state index in [1.165, 1.54) is 19.3 Å². The lowest BCUT2D eigenvalue weighted by Crippen LogP contribution is -2.15. The van der Waals surface area contributed by atoms with Gasteiger partial charge in [-0.05, 0) is 12.6 Å². The van der Waals surface area contributed by atoms with Crippen molar-refractivity contribution in [3.05, 3.63) is 12.8 Å². The van der Waals surface area contributed by atoms with E-state index >= 15 is 0 Å². The third kappa shape index (κ3) is 5.64. The first kappa shape index (κ1) is 10.2. The zero-order chi connectivity index (χ0) is 8.53. The van der Waals surface area contributed by atoms with E-state index in [1.807, 2.05) is 17.4 Å². The maximum absolute atomic E-state index is 3.92. The second-order valence-electron chi connectivity index (χ2n) is 2.50. The average molecular weight is 154 g/mol. The summed E-state index contributed by atoms with van der Waals surface area (Å²) in [5.41, 5.74) is 0. The van der Waals surface area contributed by atoms with Crippen LogP contribution >= 0.6 is 0 Å². The van der Waals surface area contributed by atoms with Gasteiger partial charge in [-0.2, -0.15) is 0 Å². The Bertz CT molecular complexity index is 119. The Kier molecular flexibility index (Phi) is 6.79. The molecule has 0 rings (SSSR count). The van der Waals surface area contributed by atoms with Crippen molar-refractivity contribution in [2.75, 3.05) is 13.6 Å². The Balaban J connectivity index is 3.44. The lowest BCUT2D eigenvalue weighted by molar-refractivity contribution is 0.527. The zero-order valence-corrected chi connectivity index (χ0v) is 7.58. The highest BCUT2D eigenvalue weighted by atomic mass is 15.1. The summed E-state index contributed by atoms with van der Waals surface area (Å²) in [4.78, 5) is 5.92. The van der Waals surface area contributed by atoms with Crippen LogP contribution in [0.2, 0.25) is 0 Å². The molecular formula is C9H18N2. The van der Waals surface area contributed by atoms with Crippen molar-refractivity contribution < 1.29 is 0 Å². The van der Waals surface area contributed by atoms with Crippen LogP contribution in [0.5, 0.6) is 0 Å². The summed E-state index contributed by atoms with van der Waals surface area (Å²) in [5.74, 6) is 0. The predicted octanol–water partition coefficient (Wildman–Crippen LogP) is 2.28. The smallest absolute Gasteiger partial charge is 0.0885 e. The maximum Gasteiger partial charge on any atom is 0.0885 e. The van der Waals surface area contributed by atoms with Crippen LogP contribution in [0.25, 0.3) is 0 Å². The van der Waals surface area contributed by atoms with Crippen molar-refractivity contribution in [2.45, 2.75) is 26.2 Å². The summed E-state index contributed by atoms with van der Waals surface area (Å²) in [6.45, 7) is 6.93. The Hall–Kier alpha value is -0.790. The van der Waals surface area contributed by atoms with E-state index < -0.39 is 0 Å². The van der Waals surface area contributed by atoms with E-state index in [9.17, 15) is 0 Å². The van der Waals surface area contributed by atoms with Crippen molar-refractivity contribution in [1.82, 2.24) is 4.90 Å². The molecular weight excluding hydrogens is 136 g/mol. The third-order valence-electron chi connectivity index (χ3n) is 1.52. The Labute approximate surface area is 69.6 Å². The Morgan fingerprint density at radius 1 is 1.45 bits per heavy atom. The second-order valence-corrected chi connectivity index (χ2v) is 2.50. The molecule has 0 aliphatic heterocycles. The molecule has 0 radical (unpaired) electrons. The number of hydrogen-bond acceptors (Lipinski definition) is 1. The van der Waals surface area contributed by atoms with Gasteiger partial charge in [0, 0.05) is 13.6 Å². The second kappa shape index (κ2) is 7.32. The Morgan fingerprint density at radius 2 is 2.18 bits per heavy atom. The van der Waals surface area contributed by atoms with Crippen LogP contribution in [0.3, 0.4) is 0 Å². The number of aliphatic imine (C=N–C) groups is 1. The summed E-state index contributed by atoms with van der Waals surface area (Å²) >= 11 is 0. The molecule has 2 heteroatoms. The van der Waals surface area contributed by atoms with E-state index in [4.69, 9.17) is 0 Å². The number of unbranched alkanes of at least 4 members (excludes halogenated alkanes) is 2.